The topological polar surface area (TPSA) is 71.1 Å². The molecule has 0 atom stereocenters. The van der Waals surface area contributed by atoms with E-state index in [1.165, 1.54) is 5.56 Å². The van der Waals surface area contributed by atoms with E-state index in [1.807, 2.05) is 18.2 Å². The molecule has 0 aliphatic carbocycles. The quantitative estimate of drug-likeness (QED) is 0.104. The smallest absolute Gasteiger partial charge is 0.309 e. The number of unbranched alkanes of at least 4 members (excludes halogenated alkanes) is 4. The molecular formula is C27H50O6P2. The molecule has 0 radical (unpaired) electrons. The van der Waals surface area contributed by atoms with Crippen LogP contribution in [0.1, 0.15) is 91.0 Å². The summed E-state index contributed by atoms with van der Waals surface area (Å²) in [5.41, 5.74) is 1.19. The zero-order chi connectivity index (χ0) is 25.8. The van der Waals surface area contributed by atoms with Crippen molar-refractivity contribution in [2.75, 3.05) is 38.8 Å². The van der Waals surface area contributed by atoms with Crippen LogP contribution in [-0.4, -0.2) is 38.8 Å². The van der Waals surface area contributed by atoms with Crippen LogP contribution < -0.4 is 0 Å². The van der Waals surface area contributed by atoms with Gasteiger partial charge in [-0.05, 0) is 50.0 Å². The highest BCUT2D eigenvalue weighted by atomic mass is 31.2. The summed E-state index contributed by atoms with van der Waals surface area (Å²) in [6.45, 7) is 9.93. The van der Waals surface area contributed by atoms with Crippen molar-refractivity contribution in [1.82, 2.24) is 0 Å². The van der Waals surface area contributed by atoms with Crippen molar-refractivity contribution in [3.05, 3.63) is 35.9 Å². The summed E-state index contributed by atoms with van der Waals surface area (Å²) in [6.07, 6.45) is 9.09. The van der Waals surface area contributed by atoms with Crippen LogP contribution in [0.25, 0.3) is 0 Å². The van der Waals surface area contributed by atoms with Crippen molar-refractivity contribution in [2.45, 2.75) is 91.9 Å². The first kappa shape index (κ1) is 32.5. The third kappa shape index (κ3) is 15.4. The predicted molar refractivity (Wildman–Crippen MR) is 147 cm³/mol. The van der Waals surface area contributed by atoms with Crippen LogP contribution in [0.3, 0.4) is 0 Å². The highest BCUT2D eigenvalue weighted by Gasteiger charge is 2.35. The van der Waals surface area contributed by atoms with Crippen molar-refractivity contribution in [1.29, 1.82) is 0 Å². The Hall–Kier alpha value is -0.480. The molecule has 0 saturated carbocycles. The number of aryl methyl sites for hydroxylation is 1. The monoisotopic (exact) mass is 532 g/mol. The van der Waals surface area contributed by atoms with E-state index in [2.05, 4.69) is 39.8 Å². The molecule has 0 spiro atoms. The second kappa shape index (κ2) is 19.6. The van der Waals surface area contributed by atoms with Gasteiger partial charge in [-0.25, -0.2) is 0 Å². The first-order valence-electron chi connectivity index (χ1n) is 13.7. The summed E-state index contributed by atoms with van der Waals surface area (Å²) >= 11 is 0. The van der Waals surface area contributed by atoms with E-state index < -0.39 is 15.2 Å². The fraction of sp³-hybridized carbons (Fsp3) is 0.778. The first-order chi connectivity index (χ1) is 16.9. The molecule has 0 aromatic heterocycles. The van der Waals surface area contributed by atoms with Crippen molar-refractivity contribution >= 4 is 15.2 Å². The minimum Gasteiger partial charge on any atom is -0.309 e. The van der Waals surface area contributed by atoms with Gasteiger partial charge in [-0.2, -0.15) is 0 Å². The third-order valence-electron chi connectivity index (χ3n) is 5.79. The van der Waals surface area contributed by atoms with Gasteiger partial charge in [0.2, 0.25) is 0 Å². The molecule has 6 nitrogen and oxygen atoms in total. The number of hydrogen-bond acceptors (Lipinski definition) is 6. The lowest BCUT2D eigenvalue weighted by Gasteiger charge is -2.27. The molecule has 0 aliphatic rings. The SMILES string of the molecule is CCCCOP(=O)(CC(CCc1ccccc1)CP(=O)(OCCCC)OCCCC)OCCCC. The van der Waals surface area contributed by atoms with E-state index >= 15 is 0 Å². The Morgan fingerprint density at radius 1 is 0.629 bits per heavy atom. The van der Waals surface area contributed by atoms with E-state index in [9.17, 15) is 9.13 Å². The summed E-state index contributed by atoms with van der Waals surface area (Å²) in [5, 5.41) is 0. The van der Waals surface area contributed by atoms with Crippen LogP contribution in [0, 0.1) is 5.92 Å². The second-order valence-corrected chi connectivity index (χ2v) is 13.4. The minimum atomic E-state index is -3.34. The van der Waals surface area contributed by atoms with Gasteiger partial charge in [0.1, 0.15) is 0 Å². The molecule has 0 bridgehead atoms. The van der Waals surface area contributed by atoms with E-state index in [0.29, 0.717) is 32.8 Å². The molecule has 0 amide bonds. The van der Waals surface area contributed by atoms with Gasteiger partial charge in [-0.15, -0.1) is 0 Å². The highest BCUT2D eigenvalue weighted by Crippen LogP contribution is 2.56. The molecule has 204 valence electrons. The van der Waals surface area contributed by atoms with Gasteiger partial charge in [0.25, 0.3) is 0 Å². The van der Waals surface area contributed by atoms with Gasteiger partial charge in [0.05, 0.1) is 38.8 Å². The lowest BCUT2D eigenvalue weighted by molar-refractivity contribution is 0.189. The Labute approximate surface area is 214 Å². The van der Waals surface area contributed by atoms with Gasteiger partial charge < -0.3 is 18.1 Å². The maximum absolute atomic E-state index is 13.8. The fourth-order valence-corrected chi connectivity index (χ4v) is 7.86. The average Bonchev–Trinajstić information content (AvgIpc) is 2.84. The normalized spacial score (nSPS) is 12.5. The zero-order valence-corrected chi connectivity index (χ0v) is 24.4. The highest BCUT2D eigenvalue weighted by molar-refractivity contribution is 7.55. The van der Waals surface area contributed by atoms with Crippen LogP contribution in [0.15, 0.2) is 30.3 Å². The molecule has 1 aromatic carbocycles. The lowest BCUT2D eigenvalue weighted by atomic mass is 10.0. The molecule has 0 aliphatic heterocycles. The Morgan fingerprint density at radius 3 is 1.34 bits per heavy atom. The van der Waals surface area contributed by atoms with Crippen LogP contribution in [0.2, 0.25) is 0 Å². The summed E-state index contributed by atoms with van der Waals surface area (Å²) in [5.74, 6) is -0.168. The molecule has 1 rings (SSSR count). The van der Waals surface area contributed by atoms with Gasteiger partial charge in [0.15, 0.2) is 0 Å². The summed E-state index contributed by atoms with van der Waals surface area (Å²) in [4.78, 5) is 0. The van der Waals surface area contributed by atoms with Crippen molar-refractivity contribution in [2.24, 2.45) is 5.92 Å². The maximum atomic E-state index is 13.8. The van der Waals surface area contributed by atoms with Gasteiger partial charge >= 0.3 is 15.2 Å². The Balaban J connectivity index is 3.06. The molecule has 0 heterocycles. The number of rotatable bonds is 23. The van der Waals surface area contributed by atoms with Crippen molar-refractivity contribution in [3.8, 4) is 0 Å². The van der Waals surface area contributed by atoms with E-state index in [4.69, 9.17) is 18.1 Å². The second-order valence-electron chi connectivity index (χ2n) is 9.22. The van der Waals surface area contributed by atoms with Crippen LogP contribution in [0.5, 0.6) is 0 Å². The average molecular weight is 533 g/mol. The standard InChI is InChI=1S/C27H50O6P2/c1-5-9-20-30-34(28,31-21-10-6-2)24-27(19-18-26-16-14-13-15-17-26)25-35(29,32-22-11-7-3)33-23-12-8-4/h13-17,27H,5-12,18-25H2,1-4H3. The van der Waals surface area contributed by atoms with Crippen molar-refractivity contribution < 1.29 is 27.2 Å². The Kier molecular flexibility index (Phi) is 18.2. The largest absolute Gasteiger partial charge is 0.330 e. The van der Waals surface area contributed by atoms with Crippen LogP contribution in [0.4, 0.5) is 0 Å². The zero-order valence-electron chi connectivity index (χ0n) is 22.6. The van der Waals surface area contributed by atoms with Gasteiger partial charge in [-0.3, -0.25) is 9.13 Å². The molecular weight excluding hydrogens is 482 g/mol. The third-order valence-corrected chi connectivity index (χ3v) is 10.0. The van der Waals surface area contributed by atoms with Crippen molar-refractivity contribution in [3.63, 3.8) is 0 Å². The summed E-state index contributed by atoms with van der Waals surface area (Å²) < 4.78 is 51.0. The fourth-order valence-electron chi connectivity index (χ4n) is 3.57. The summed E-state index contributed by atoms with van der Waals surface area (Å²) in [7, 11) is -6.68. The lowest BCUT2D eigenvalue weighted by Crippen LogP contribution is -2.18. The summed E-state index contributed by atoms with van der Waals surface area (Å²) in [6, 6.07) is 10.2. The number of benzene rings is 1. The maximum Gasteiger partial charge on any atom is 0.330 e. The molecule has 0 saturated heterocycles. The molecule has 0 fully saturated rings. The van der Waals surface area contributed by atoms with Crippen LogP contribution >= 0.6 is 15.2 Å². The molecule has 0 N–H and O–H groups in total. The van der Waals surface area contributed by atoms with Gasteiger partial charge in [-0.1, -0.05) is 83.7 Å². The molecule has 0 unspecified atom stereocenters. The van der Waals surface area contributed by atoms with Crippen LogP contribution in [-0.2, 0) is 33.6 Å². The van der Waals surface area contributed by atoms with E-state index in [0.717, 1.165) is 57.8 Å². The Morgan fingerprint density at radius 2 is 1.00 bits per heavy atom. The molecule has 8 heteroatoms. The minimum absolute atomic E-state index is 0.168. The Bertz CT molecular complexity index is 660. The molecule has 1 aromatic rings. The van der Waals surface area contributed by atoms with Gasteiger partial charge in [0, 0.05) is 0 Å². The number of hydrogen-bond donors (Lipinski definition) is 0. The predicted octanol–water partition coefficient (Wildman–Crippen LogP) is 8.89. The first-order valence-corrected chi connectivity index (χ1v) is 17.2. The molecule has 35 heavy (non-hydrogen) atoms. The van der Waals surface area contributed by atoms with E-state index in [-0.39, 0.29) is 18.2 Å². The van der Waals surface area contributed by atoms with E-state index in [1.54, 1.807) is 0 Å².